The van der Waals surface area contributed by atoms with Crippen molar-refractivity contribution in [3.63, 3.8) is 0 Å². The standard InChI is InChI=1S/C18H22O4S/c1-14-9-10-18(21-2)17(13-14)16(11-12-22-23(3,19)20)15-7-5-4-6-8-15/h4-10,13,16H,11-12H2,1-3H3/t16-/m0/s1. The van der Waals surface area contributed by atoms with Crippen molar-refractivity contribution in [2.75, 3.05) is 20.0 Å². The van der Waals surface area contributed by atoms with Crippen molar-refractivity contribution in [3.8, 4) is 5.75 Å². The molecule has 1 atom stereocenters. The molecule has 0 spiro atoms. The van der Waals surface area contributed by atoms with Crippen molar-refractivity contribution in [1.29, 1.82) is 0 Å². The van der Waals surface area contributed by atoms with Gasteiger partial charge in [0.15, 0.2) is 0 Å². The van der Waals surface area contributed by atoms with Crippen LogP contribution in [0.4, 0.5) is 0 Å². The summed E-state index contributed by atoms with van der Waals surface area (Å²) in [5.74, 6) is 0.802. The van der Waals surface area contributed by atoms with Gasteiger partial charge in [0, 0.05) is 11.5 Å². The quantitative estimate of drug-likeness (QED) is 0.727. The number of hydrogen-bond donors (Lipinski definition) is 0. The molecule has 2 rings (SSSR count). The van der Waals surface area contributed by atoms with E-state index in [0.717, 1.165) is 28.7 Å². The van der Waals surface area contributed by atoms with Crippen LogP contribution in [-0.4, -0.2) is 28.4 Å². The van der Waals surface area contributed by atoms with E-state index < -0.39 is 10.1 Å². The topological polar surface area (TPSA) is 52.6 Å². The van der Waals surface area contributed by atoms with Crippen molar-refractivity contribution in [2.45, 2.75) is 19.3 Å². The van der Waals surface area contributed by atoms with Gasteiger partial charge in [-0.05, 0) is 25.0 Å². The van der Waals surface area contributed by atoms with Crippen LogP contribution in [-0.2, 0) is 14.3 Å². The summed E-state index contributed by atoms with van der Waals surface area (Å²) in [5.41, 5.74) is 3.27. The third kappa shape index (κ3) is 5.08. The Kier molecular flexibility index (Phi) is 5.80. The predicted octanol–water partition coefficient (Wildman–Crippen LogP) is 3.50. The molecule has 0 heterocycles. The van der Waals surface area contributed by atoms with E-state index in [1.165, 1.54) is 0 Å². The van der Waals surface area contributed by atoms with E-state index in [4.69, 9.17) is 8.92 Å². The summed E-state index contributed by atoms with van der Waals surface area (Å²) in [6.45, 7) is 2.16. The summed E-state index contributed by atoms with van der Waals surface area (Å²) >= 11 is 0. The van der Waals surface area contributed by atoms with Crippen LogP contribution in [0.3, 0.4) is 0 Å². The van der Waals surface area contributed by atoms with Crippen molar-refractivity contribution >= 4 is 10.1 Å². The first-order chi connectivity index (χ1) is 10.9. The molecule has 0 saturated heterocycles. The van der Waals surface area contributed by atoms with Gasteiger partial charge in [-0.1, -0.05) is 48.0 Å². The Morgan fingerprint density at radius 3 is 2.39 bits per heavy atom. The van der Waals surface area contributed by atoms with E-state index in [0.29, 0.717) is 6.42 Å². The van der Waals surface area contributed by atoms with Crippen LogP contribution in [0.2, 0.25) is 0 Å². The monoisotopic (exact) mass is 334 g/mol. The fraction of sp³-hybridized carbons (Fsp3) is 0.333. The Bertz CT molecular complexity index is 739. The second kappa shape index (κ2) is 7.62. The number of hydrogen-bond acceptors (Lipinski definition) is 4. The van der Waals surface area contributed by atoms with E-state index in [9.17, 15) is 8.42 Å². The number of methoxy groups -OCH3 is 1. The lowest BCUT2D eigenvalue weighted by atomic mass is 9.87. The first-order valence-electron chi connectivity index (χ1n) is 7.44. The maximum absolute atomic E-state index is 11.2. The van der Waals surface area contributed by atoms with Gasteiger partial charge in [-0.15, -0.1) is 0 Å². The first kappa shape index (κ1) is 17.5. The molecule has 4 nitrogen and oxygen atoms in total. The van der Waals surface area contributed by atoms with Crippen LogP contribution >= 0.6 is 0 Å². The van der Waals surface area contributed by atoms with Gasteiger partial charge in [-0.25, -0.2) is 0 Å². The average molecular weight is 334 g/mol. The Balaban J connectivity index is 2.36. The van der Waals surface area contributed by atoms with Crippen LogP contribution in [0.15, 0.2) is 48.5 Å². The van der Waals surface area contributed by atoms with Crippen molar-refractivity contribution in [1.82, 2.24) is 0 Å². The number of aryl methyl sites for hydroxylation is 1. The molecule has 124 valence electrons. The molecular weight excluding hydrogens is 312 g/mol. The highest BCUT2D eigenvalue weighted by atomic mass is 32.2. The van der Waals surface area contributed by atoms with Gasteiger partial charge in [0.1, 0.15) is 5.75 Å². The molecule has 0 aliphatic rings. The molecule has 5 heteroatoms. The van der Waals surface area contributed by atoms with E-state index >= 15 is 0 Å². The molecule has 0 aliphatic carbocycles. The largest absolute Gasteiger partial charge is 0.496 e. The molecule has 2 aromatic carbocycles. The molecule has 2 aromatic rings. The van der Waals surface area contributed by atoms with Crippen LogP contribution in [0, 0.1) is 6.92 Å². The summed E-state index contributed by atoms with van der Waals surface area (Å²) in [7, 11) is -1.80. The van der Waals surface area contributed by atoms with Crippen LogP contribution in [0.25, 0.3) is 0 Å². The minimum atomic E-state index is -3.44. The lowest BCUT2D eigenvalue weighted by molar-refractivity contribution is 0.307. The second-order valence-corrected chi connectivity index (χ2v) is 7.17. The molecule has 0 bridgehead atoms. The summed E-state index contributed by atoms with van der Waals surface area (Å²) in [6.07, 6.45) is 1.62. The summed E-state index contributed by atoms with van der Waals surface area (Å²) in [4.78, 5) is 0. The smallest absolute Gasteiger partial charge is 0.264 e. The number of ether oxygens (including phenoxy) is 1. The molecule has 0 aliphatic heterocycles. The van der Waals surface area contributed by atoms with Crippen LogP contribution in [0.5, 0.6) is 5.75 Å². The van der Waals surface area contributed by atoms with E-state index in [1.807, 2.05) is 49.4 Å². The molecule has 0 amide bonds. The molecule has 23 heavy (non-hydrogen) atoms. The van der Waals surface area contributed by atoms with Crippen LogP contribution < -0.4 is 4.74 Å². The Morgan fingerprint density at radius 2 is 1.78 bits per heavy atom. The summed E-state index contributed by atoms with van der Waals surface area (Å²) in [5, 5.41) is 0. The van der Waals surface area contributed by atoms with Gasteiger partial charge >= 0.3 is 0 Å². The zero-order valence-corrected chi connectivity index (χ0v) is 14.5. The van der Waals surface area contributed by atoms with E-state index in [2.05, 4.69) is 6.07 Å². The zero-order chi connectivity index (χ0) is 16.9. The average Bonchev–Trinajstić information content (AvgIpc) is 2.51. The normalized spacial score (nSPS) is 12.8. The third-order valence-electron chi connectivity index (χ3n) is 3.67. The molecule has 0 aromatic heterocycles. The van der Waals surface area contributed by atoms with Crippen molar-refractivity contribution < 1.29 is 17.3 Å². The maximum Gasteiger partial charge on any atom is 0.264 e. The highest BCUT2D eigenvalue weighted by Gasteiger charge is 2.19. The molecule has 0 unspecified atom stereocenters. The molecule has 0 radical (unpaired) electrons. The molecule has 0 N–H and O–H groups in total. The van der Waals surface area contributed by atoms with Gasteiger partial charge in [-0.3, -0.25) is 4.18 Å². The van der Waals surface area contributed by atoms with Gasteiger partial charge < -0.3 is 4.74 Å². The second-order valence-electron chi connectivity index (χ2n) is 5.52. The van der Waals surface area contributed by atoms with E-state index in [-0.39, 0.29) is 12.5 Å². The molecular formula is C18H22O4S. The minimum absolute atomic E-state index is 0.00722. The van der Waals surface area contributed by atoms with E-state index in [1.54, 1.807) is 7.11 Å². The van der Waals surface area contributed by atoms with Crippen molar-refractivity contribution in [2.24, 2.45) is 0 Å². The Morgan fingerprint density at radius 1 is 1.09 bits per heavy atom. The maximum atomic E-state index is 11.2. The van der Waals surface area contributed by atoms with Crippen LogP contribution in [0.1, 0.15) is 29.0 Å². The zero-order valence-electron chi connectivity index (χ0n) is 13.7. The molecule has 0 saturated carbocycles. The summed E-state index contributed by atoms with van der Waals surface area (Å²) < 4.78 is 32.9. The highest BCUT2D eigenvalue weighted by Crippen LogP contribution is 2.35. The molecule has 0 fully saturated rings. The van der Waals surface area contributed by atoms with Crippen molar-refractivity contribution in [3.05, 3.63) is 65.2 Å². The predicted molar refractivity (Wildman–Crippen MR) is 91.4 cm³/mol. The number of benzene rings is 2. The fourth-order valence-corrected chi connectivity index (χ4v) is 3.03. The third-order valence-corrected chi connectivity index (χ3v) is 4.26. The highest BCUT2D eigenvalue weighted by molar-refractivity contribution is 7.85. The van der Waals surface area contributed by atoms with Gasteiger partial charge in [-0.2, -0.15) is 8.42 Å². The minimum Gasteiger partial charge on any atom is -0.496 e. The van der Waals surface area contributed by atoms with Gasteiger partial charge in [0.25, 0.3) is 10.1 Å². The lowest BCUT2D eigenvalue weighted by Gasteiger charge is -2.21. The fourth-order valence-electron chi connectivity index (χ4n) is 2.63. The Hall–Kier alpha value is -1.85. The number of rotatable bonds is 7. The first-order valence-corrected chi connectivity index (χ1v) is 9.26. The van der Waals surface area contributed by atoms with Gasteiger partial charge in [0.2, 0.25) is 0 Å². The Labute approximate surface area is 138 Å². The lowest BCUT2D eigenvalue weighted by Crippen LogP contribution is -2.10. The van der Waals surface area contributed by atoms with Gasteiger partial charge in [0.05, 0.1) is 20.0 Å². The summed E-state index contributed by atoms with van der Waals surface area (Å²) in [6, 6.07) is 16.0. The SMILES string of the molecule is COc1ccc(C)cc1[C@@H](CCOS(C)(=O)=O)c1ccccc1.